The van der Waals surface area contributed by atoms with Crippen LogP contribution in [0.3, 0.4) is 0 Å². The fourth-order valence-electron chi connectivity index (χ4n) is 2.37. The van der Waals surface area contributed by atoms with Crippen molar-refractivity contribution < 1.29 is 4.52 Å². The van der Waals surface area contributed by atoms with Gasteiger partial charge in [-0.1, -0.05) is 22.9 Å². The highest BCUT2D eigenvalue weighted by molar-refractivity contribution is 5.53. The lowest BCUT2D eigenvalue weighted by Crippen LogP contribution is -2.28. The molecule has 94 valence electrons. The number of nitrogens with zero attached hydrogens (tertiary/aromatic N) is 2. The Morgan fingerprint density at radius 1 is 1.39 bits per heavy atom. The van der Waals surface area contributed by atoms with Crippen LogP contribution in [0, 0.1) is 6.92 Å². The Morgan fingerprint density at radius 3 is 3.11 bits per heavy atom. The van der Waals surface area contributed by atoms with Gasteiger partial charge in [0.25, 0.3) is 5.89 Å². The molecule has 4 heteroatoms. The molecule has 0 bridgehead atoms. The van der Waals surface area contributed by atoms with Gasteiger partial charge in [0.1, 0.15) is 0 Å². The summed E-state index contributed by atoms with van der Waals surface area (Å²) in [4.78, 5) is 4.53. The molecule has 1 aliphatic rings. The second-order valence-corrected chi connectivity index (χ2v) is 4.87. The maximum Gasteiger partial charge on any atom is 0.257 e. The lowest BCUT2D eigenvalue weighted by molar-refractivity contribution is 0.393. The van der Waals surface area contributed by atoms with E-state index in [4.69, 9.17) is 4.52 Å². The van der Waals surface area contributed by atoms with Crippen molar-refractivity contribution in [2.45, 2.75) is 25.7 Å². The first-order chi connectivity index (χ1) is 8.83. The van der Waals surface area contributed by atoms with E-state index < -0.39 is 0 Å². The molecule has 0 amide bonds. The summed E-state index contributed by atoms with van der Waals surface area (Å²) in [7, 11) is 0. The first kappa shape index (κ1) is 11.4. The highest BCUT2D eigenvalue weighted by atomic mass is 16.5. The third kappa shape index (κ3) is 2.29. The zero-order valence-corrected chi connectivity index (χ0v) is 10.5. The summed E-state index contributed by atoms with van der Waals surface area (Å²) in [5.74, 6) is 1.85. The normalized spacial score (nSPS) is 19.9. The molecule has 1 aromatic carbocycles. The standard InChI is InChI=1S/C14H17N3O/c1-10-4-2-5-11(8-10)14-16-13(17-18-14)12-6-3-7-15-9-12/h2,4-5,8,12,15H,3,6-7,9H2,1H3. The van der Waals surface area contributed by atoms with Crippen molar-refractivity contribution in [3.63, 3.8) is 0 Å². The van der Waals surface area contributed by atoms with Crippen LogP contribution in [-0.4, -0.2) is 23.2 Å². The smallest absolute Gasteiger partial charge is 0.257 e. The summed E-state index contributed by atoms with van der Waals surface area (Å²) in [5, 5.41) is 7.49. The second kappa shape index (κ2) is 4.90. The van der Waals surface area contributed by atoms with E-state index in [1.165, 1.54) is 12.0 Å². The minimum absolute atomic E-state index is 0.390. The largest absolute Gasteiger partial charge is 0.334 e. The predicted octanol–water partition coefficient (Wildman–Crippen LogP) is 2.51. The van der Waals surface area contributed by atoms with Crippen LogP contribution >= 0.6 is 0 Å². The van der Waals surface area contributed by atoms with Crippen molar-refractivity contribution in [2.75, 3.05) is 13.1 Å². The molecule has 1 N–H and O–H groups in total. The van der Waals surface area contributed by atoms with E-state index in [-0.39, 0.29) is 0 Å². The quantitative estimate of drug-likeness (QED) is 0.880. The SMILES string of the molecule is Cc1cccc(-c2nc(C3CCCNC3)no2)c1. The van der Waals surface area contributed by atoms with Crippen molar-refractivity contribution in [1.29, 1.82) is 0 Å². The number of nitrogens with one attached hydrogen (secondary N) is 1. The molecule has 3 rings (SSSR count). The molecule has 2 aromatic rings. The van der Waals surface area contributed by atoms with Gasteiger partial charge in [-0.15, -0.1) is 0 Å². The predicted molar refractivity (Wildman–Crippen MR) is 69.3 cm³/mol. The molecule has 4 nitrogen and oxygen atoms in total. The molecule has 0 saturated carbocycles. The third-order valence-corrected chi connectivity index (χ3v) is 3.37. The Morgan fingerprint density at radius 2 is 2.33 bits per heavy atom. The van der Waals surface area contributed by atoms with E-state index >= 15 is 0 Å². The molecule has 1 aromatic heterocycles. The van der Waals surface area contributed by atoms with Gasteiger partial charge >= 0.3 is 0 Å². The van der Waals surface area contributed by atoms with Gasteiger partial charge in [-0.3, -0.25) is 0 Å². The number of piperidine rings is 1. The summed E-state index contributed by atoms with van der Waals surface area (Å²) in [6, 6.07) is 8.14. The van der Waals surface area contributed by atoms with Gasteiger partial charge in [-0.25, -0.2) is 0 Å². The van der Waals surface area contributed by atoms with Crippen molar-refractivity contribution in [1.82, 2.24) is 15.5 Å². The van der Waals surface area contributed by atoms with Crippen molar-refractivity contribution in [2.24, 2.45) is 0 Å². The summed E-state index contributed by atoms with van der Waals surface area (Å²) in [6.07, 6.45) is 2.32. The van der Waals surface area contributed by atoms with Gasteiger partial charge in [-0.2, -0.15) is 4.98 Å². The van der Waals surface area contributed by atoms with Crippen LogP contribution in [-0.2, 0) is 0 Å². The Kier molecular flexibility index (Phi) is 3.11. The monoisotopic (exact) mass is 243 g/mol. The van der Waals surface area contributed by atoms with Gasteiger partial charge < -0.3 is 9.84 Å². The number of hydrogen-bond donors (Lipinski definition) is 1. The maximum atomic E-state index is 5.37. The Labute approximate surface area is 106 Å². The number of aromatic nitrogens is 2. The highest BCUT2D eigenvalue weighted by Crippen LogP contribution is 2.24. The van der Waals surface area contributed by atoms with Crippen LogP contribution in [0.15, 0.2) is 28.8 Å². The highest BCUT2D eigenvalue weighted by Gasteiger charge is 2.21. The zero-order chi connectivity index (χ0) is 12.4. The Balaban J connectivity index is 1.84. The van der Waals surface area contributed by atoms with Crippen molar-refractivity contribution >= 4 is 0 Å². The molecular weight excluding hydrogens is 226 g/mol. The molecule has 1 atom stereocenters. The molecule has 0 aliphatic carbocycles. The molecule has 0 radical (unpaired) electrons. The van der Waals surface area contributed by atoms with E-state index in [1.54, 1.807) is 0 Å². The van der Waals surface area contributed by atoms with Crippen LogP contribution < -0.4 is 5.32 Å². The van der Waals surface area contributed by atoms with E-state index in [0.29, 0.717) is 11.8 Å². The molecular formula is C14H17N3O. The van der Waals surface area contributed by atoms with Crippen LogP contribution in [0.4, 0.5) is 0 Å². The first-order valence-corrected chi connectivity index (χ1v) is 6.44. The molecule has 18 heavy (non-hydrogen) atoms. The minimum atomic E-state index is 0.390. The van der Waals surface area contributed by atoms with Gasteiger partial charge in [0.15, 0.2) is 5.82 Å². The lowest BCUT2D eigenvalue weighted by atomic mass is 9.99. The first-order valence-electron chi connectivity index (χ1n) is 6.44. The summed E-state index contributed by atoms with van der Waals surface area (Å²) in [5.41, 5.74) is 2.20. The number of aryl methyl sites for hydroxylation is 1. The molecule has 0 spiro atoms. The van der Waals surface area contributed by atoms with E-state index in [2.05, 4.69) is 34.5 Å². The summed E-state index contributed by atoms with van der Waals surface area (Å²) >= 11 is 0. The molecule has 2 heterocycles. The van der Waals surface area contributed by atoms with Crippen molar-refractivity contribution in [3.05, 3.63) is 35.7 Å². The van der Waals surface area contributed by atoms with Crippen molar-refractivity contribution in [3.8, 4) is 11.5 Å². The fourth-order valence-corrected chi connectivity index (χ4v) is 2.37. The minimum Gasteiger partial charge on any atom is -0.334 e. The number of hydrogen-bond acceptors (Lipinski definition) is 4. The zero-order valence-electron chi connectivity index (χ0n) is 10.5. The topological polar surface area (TPSA) is 51.0 Å². The van der Waals surface area contributed by atoms with Crippen LogP contribution in [0.25, 0.3) is 11.5 Å². The van der Waals surface area contributed by atoms with Gasteiger partial charge in [0.2, 0.25) is 0 Å². The average Bonchev–Trinajstić information content (AvgIpc) is 2.89. The Hall–Kier alpha value is -1.68. The fraction of sp³-hybridized carbons (Fsp3) is 0.429. The average molecular weight is 243 g/mol. The van der Waals surface area contributed by atoms with Gasteiger partial charge in [0.05, 0.1) is 0 Å². The second-order valence-electron chi connectivity index (χ2n) is 4.87. The van der Waals surface area contributed by atoms with Gasteiger partial charge in [-0.05, 0) is 38.4 Å². The molecule has 1 saturated heterocycles. The molecule has 1 unspecified atom stereocenters. The maximum absolute atomic E-state index is 5.37. The van der Waals surface area contributed by atoms with Crippen LogP contribution in [0.1, 0.15) is 30.1 Å². The Bertz CT molecular complexity index is 529. The van der Waals surface area contributed by atoms with Crippen LogP contribution in [0.5, 0.6) is 0 Å². The number of rotatable bonds is 2. The third-order valence-electron chi connectivity index (χ3n) is 3.37. The van der Waals surface area contributed by atoms with E-state index in [9.17, 15) is 0 Å². The van der Waals surface area contributed by atoms with Crippen LogP contribution in [0.2, 0.25) is 0 Å². The molecule has 1 fully saturated rings. The summed E-state index contributed by atoms with van der Waals surface area (Å²) in [6.45, 7) is 4.11. The lowest BCUT2D eigenvalue weighted by Gasteiger charge is -2.19. The number of benzene rings is 1. The van der Waals surface area contributed by atoms with E-state index in [0.717, 1.165) is 30.9 Å². The summed E-state index contributed by atoms with van der Waals surface area (Å²) < 4.78 is 5.37. The van der Waals surface area contributed by atoms with E-state index in [1.807, 2.05) is 12.1 Å². The van der Waals surface area contributed by atoms with Gasteiger partial charge in [0, 0.05) is 18.0 Å². The molecule has 1 aliphatic heterocycles.